The molecule has 0 bridgehead atoms. The topological polar surface area (TPSA) is 24.7 Å². The Kier molecular flexibility index (Phi) is 7.21. The van der Waals surface area contributed by atoms with E-state index >= 15 is 0 Å². The molecule has 0 saturated heterocycles. The van der Waals surface area contributed by atoms with Crippen LogP contribution in [0, 0.1) is 0 Å². The van der Waals surface area contributed by atoms with Crippen LogP contribution in [-0.2, 0) is 11.1 Å². The van der Waals surface area contributed by atoms with Crippen molar-refractivity contribution in [2.45, 2.75) is 48.6 Å². The summed E-state index contributed by atoms with van der Waals surface area (Å²) < 4.78 is 0. The van der Waals surface area contributed by atoms with Crippen molar-refractivity contribution in [1.29, 1.82) is 0 Å². The van der Waals surface area contributed by atoms with E-state index < -0.39 is 11.1 Å². The fraction of sp³-hybridized carbons (Fsp3) is 0.176. The molecule has 5 aromatic carbocycles. The smallest absolute Gasteiger partial charge is 0.0800 e. The highest BCUT2D eigenvalue weighted by atomic mass is 32.1. The minimum Gasteiger partial charge on any atom is -0.282 e. The summed E-state index contributed by atoms with van der Waals surface area (Å²) in [6.45, 7) is 8.55. The van der Waals surface area contributed by atoms with E-state index in [0.717, 1.165) is 42.8 Å². The van der Waals surface area contributed by atoms with E-state index in [0.29, 0.717) is 0 Å². The van der Waals surface area contributed by atoms with Gasteiger partial charge in [0, 0.05) is 33.3 Å². The molecule has 0 aliphatic rings. The summed E-state index contributed by atoms with van der Waals surface area (Å²) in [5.74, 6) is 0. The zero-order chi connectivity index (χ0) is 26.9. The van der Waals surface area contributed by atoms with Crippen LogP contribution in [0.5, 0.6) is 0 Å². The van der Waals surface area contributed by atoms with Crippen molar-refractivity contribution in [3.63, 3.8) is 0 Å². The van der Waals surface area contributed by atoms with Crippen molar-refractivity contribution >= 4 is 59.2 Å². The summed E-state index contributed by atoms with van der Waals surface area (Å²) in [6, 6.07) is 33.6. The molecule has 0 N–H and O–H groups in total. The highest BCUT2D eigenvalue weighted by Crippen LogP contribution is 2.32. The standard InChI is InChI=1S/C34H32N2S2/c1-33(2,35-21-29-27-11-7-5-9-23(27)13-19-31(29)37)25-15-17-26(18-16-25)34(3,4)36-22-30-28-12-8-6-10-24(28)14-20-32(30)38/h5-22,37-38H,1-4H3. The summed E-state index contributed by atoms with van der Waals surface area (Å²) in [7, 11) is 0. The summed E-state index contributed by atoms with van der Waals surface area (Å²) in [6.07, 6.45) is 3.93. The Morgan fingerprint density at radius 2 is 0.868 bits per heavy atom. The first kappa shape index (κ1) is 26.3. The van der Waals surface area contributed by atoms with Gasteiger partial charge in [0.15, 0.2) is 0 Å². The highest BCUT2D eigenvalue weighted by Gasteiger charge is 2.22. The molecule has 2 nitrogen and oxygen atoms in total. The van der Waals surface area contributed by atoms with Crippen molar-refractivity contribution in [3.05, 3.63) is 119 Å². The molecule has 0 amide bonds. The van der Waals surface area contributed by atoms with Gasteiger partial charge in [0.05, 0.1) is 11.1 Å². The van der Waals surface area contributed by atoms with Crippen LogP contribution in [0.2, 0.25) is 0 Å². The number of fused-ring (bicyclic) bond motifs is 2. The van der Waals surface area contributed by atoms with Gasteiger partial charge in [0.25, 0.3) is 0 Å². The van der Waals surface area contributed by atoms with Gasteiger partial charge in [-0.25, -0.2) is 0 Å². The Balaban J connectivity index is 1.40. The number of nitrogens with zero attached hydrogens (tertiary/aromatic N) is 2. The Hall–Kier alpha value is -3.34. The van der Waals surface area contributed by atoms with Crippen LogP contribution in [0.3, 0.4) is 0 Å². The van der Waals surface area contributed by atoms with Crippen LogP contribution in [0.4, 0.5) is 0 Å². The average molecular weight is 533 g/mol. The van der Waals surface area contributed by atoms with Crippen LogP contribution >= 0.6 is 25.3 Å². The Bertz CT molecular complexity index is 1550. The van der Waals surface area contributed by atoms with Crippen LogP contribution in [-0.4, -0.2) is 12.4 Å². The molecule has 0 aliphatic carbocycles. The largest absolute Gasteiger partial charge is 0.282 e. The first-order valence-corrected chi connectivity index (χ1v) is 13.7. The van der Waals surface area contributed by atoms with E-state index in [2.05, 4.69) is 113 Å². The maximum atomic E-state index is 5.00. The number of aliphatic imine (C=N–C) groups is 2. The molecule has 0 unspecified atom stereocenters. The van der Waals surface area contributed by atoms with Crippen molar-refractivity contribution < 1.29 is 0 Å². The number of benzene rings is 5. The molecule has 0 aromatic heterocycles. The second kappa shape index (κ2) is 10.4. The lowest BCUT2D eigenvalue weighted by Gasteiger charge is -2.24. The van der Waals surface area contributed by atoms with Gasteiger partial charge in [-0.1, -0.05) is 84.9 Å². The second-order valence-electron chi connectivity index (χ2n) is 10.7. The van der Waals surface area contributed by atoms with E-state index in [1.165, 1.54) is 10.8 Å². The molecular formula is C34H32N2S2. The third-order valence-electron chi connectivity index (χ3n) is 7.23. The first-order valence-electron chi connectivity index (χ1n) is 12.8. The first-order chi connectivity index (χ1) is 18.2. The van der Waals surface area contributed by atoms with Gasteiger partial charge >= 0.3 is 0 Å². The minimum atomic E-state index is -0.396. The third-order valence-corrected chi connectivity index (χ3v) is 8.01. The molecule has 0 heterocycles. The van der Waals surface area contributed by atoms with Crippen molar-refractivity contribution in [2.75, 3.05) is 0 Å². The van der Waals surface area contributed by atoms with Crippen molar-refractivity contribution in [2.24, 2.45) is 9.98 Å². The lowest BCUT2D eigenvalue weighted by atomic mass is 9.89. The monoisotopic (exact) mass is 532 g/mol. The van der Waals surface area contributed by atoms with Gasteiger partial charge in [-0.15, -0.1) is 25.3 Å². The molecule has 0 spiro atoms. The third kappa shape index (κ3) is 5.29. The van der Waals surface area contributed by atoms with Gasteiger partial charge in [0.1, 0.15) is 0 Å². The Morgan fingerprint density at radius 3 is 1.26 bits per heavy atom. The zero-order valence-corrected chi connectivity index (χ0v) is 24.0. The molecule has 0 fully saturated rings. The summed E-state index contributed by atoms with van der Waals surface area (Å²) in [5.41, 5.74) is 3.59. The van der Waals surface area contributed by atoms with E-state index in [-0.39, 0.29) is 0 Å². The van der Waals surface area contributed by atoms with Crippen LogP contribution < -0.4 is 0 Å². The normalized spacial score (nSPS) is 12.8. The van der Waals surface area contributed by atoms with E-state index in [4.69, 9.17) is 35.2 Å². The molecule has 5 aromatic rings. The fourth-order valence-electron chi connectivity index (χ4n) is 4.73. The molecular weight excluding hydrogens is 501 g/mol. The minimum absolute atomic E-state index is 0.396. The lowest BCUT2D eigenvalue weighted by Crippen LogP contribution is -2.17. The predicted molar refractivity (Wildman–Crippen MR) is 170 cm³/mol. The van der Waals surface area contributed by atoms with E-state index in [9.17, 15) is 0 Å². The molecule has 0 atom stereocenters. The van der Waals surface area contributed by atoms with Crippen LogP contribution in [0.1, 0.15) is 49.9 Å². The van der Waals surface area contributed by atoms with E-state index in [1.54, 1.807) is 0 Å². The molecule has 4 heteroatoms. The maximum Gasteiger partial charge on any atom is 0.0800 e. The number of hydrogen-bond acceptors (Lipinski definition) is 4. The molecule has 0 aliphatic heterocycles. The number of thiol groups is 2. The molecule has 0 radical (unpaired) electrons. The number of hydrogen-bond donors (Lipinski definition) is 2. The van der Waals surface area contributed by atoms with Gasteiger partial charge in [-0.05, 0) is 72.5 Å². The van der Waals surface area contributed by atoms with Crippen molar-refractivity contribution in [1.82, 2.24) is 0 Å². The van der Waals surface area contributed by atoms with Gasteiger partial charge in [-0.3, -0.25) is 9.98 Å². The fourth-order valence-corrected chi connectivity index (χ4v) is 5.23. The molecule has 38 heavy (non-hydrogen) atoms. The number of rotatable bonds is 6. The summed E-state index contributed by atoms with van der Waals surface area (Å²) >= 11 is 9.40. The summed E-state index contributed by atoms with van der Waals surface area (Å²) in [4.78, 5) is 11.9. The second-order valence-corrected chi connectivity index (χ2v) is 11.6. The van der Waals surface area contributed by atoms with Gasteiger partial charge in [0.2, 0.25) is 0 Å². The van der Waals surface area contributed by atoms with Crippen LogP contribution in [0.25, 0.3) is 21.5 Å². The average Bonchev–Trinajstić information content (AvgIpc) is 2.92. The molecule has 5 rings (SSSR count). The van der Waals surface area contributed by atoms with Crippen LogP contribution in [0.15, 0.2) is 117 Å². The lowest BCUT2D eigenvalue weighted by molar-refractivity contribution is 0.549. The maximum absolute atomic E-state index is 5.00. The Morgan fingerprint density at radius 1 is 0.500 bits per heavy atom. The predicted octanol–water partition coefficient (Wildman–Crippen LogP) is 9.28. The van der Waals surface area contributed by atoms with E-state index in [1.807, 2.05) is 24.6 Å². The van der Waals surface area contributed by atoms with Gasteiger partial charge in [-0.2, -0.15) is 0 Å². The quantitative estimate of drug-likeness (QED) is 0.161. The highest BCUT2D eigenvalue weighted by molar-refractivity contribution is 7.80. The molecule has 0 saturated carbocycles. The summed E-state index contributed by atoms with van der Waals surface area (Å²) in [5, 5.41) is 4.69. The zero-order valence-electron chi connectivity index (χ0n) is 22.2. The molecule has 190 valence electrons. The van der Waals surface area contributed by atoms with Gasteiger partial charge < -0.3 is 0 Å². The van der Waals surface area contributed by atoms with Crippen molar-refractivity contribution in [3.8, 4) is 0 Å². The Labute approximate surface area is 236 Å². The SMILES string of the molecule is CC(C)(N=Cc1c(S)ccc2ccccc12)c1ccc(C(C)(C)N=Cc2c(S)ccc3ccccc23)cc1.